The molecule has 1 aliphatic rings. The largest absolute Gasteiger partial charge is 0.355 e. The summed E-state index contributed by atoms with van der Waals surface area (Å²) in [5.41, 5.74) is 0. The number of piperidine rings is 1. The van der Waals surface area contributed by atoms with E-state index in [1.807, 2.05) is 13.8 Å². The Hall–Kier alpha value is -1.59. The van der Waals surface area contributed by atoms with Crippen LogP contribution in [-0.2, 0) is 14.4 Å². The second-order valence-corrected chi connectivity index (χ2v) is 4.80. The molecular weight excluding hydrogens is 234 g/mol. The summed E-state index contributed by atoms with van der Waals surface area (Å²) in [6.07, 6.45) is 1.25. The molecule has 6 heteroatoms. The number of rotatable bonds is 5. The molecule has 3 N–H and O–H groups in total. The number of nitrogens with one attached hydrogen (secondary N) is 3. The Bertz CT molecular complexity index is 319. The van der Waals surface area contributed by atoms with Gasteiger partial charge in [0.2, 0.25) is 17.7 Å². The van der Waals surface area contributed by atoms with E-state index in [0.717, 1.165) is 0 Å². The van der Waals surface area contributed by atoms with E-state index in [2.05, 4.69) is 16.0 Å². The Kier molecular flexibility index (Phi) is 5.61. The lowest BCUT2D eigenvalue weighted by atomic mass is 9.98. The molecule has 1 unspecified atom stereocenters. The average Bonchev–Trinajstić information content (AvgIpc) is 2.28. The van der Waals surface area contributed by atoms with Crippen LogP contribution in [0.3, 0.4) is 0 Å². The molecule has 0 bridgehead atoms. The first-order valence-electron chi connectivity index (χ1n) is 6.33. The van der Waals surface area contributed by atoms with Gasteiger partial charge in [-0.25, -0.2) is 0 Å². The summed E-state index contributed by atoms with van der Waals surface area (Å²) in [5.74, 6) is -0.333. The highest BCUT2D eigenvalue weighted by Gasteiger charge is 2.23. The fraction of sp³-hybridized carbons (Fsp3) is 0.750. The molecular formula is C12H21N3O3. The molecule has 18 heavy (non-hydrogen) atoms. The molecule has 6 nitrogen and oxygen atoms in total. The first-order valence-corrected chi connectivity index (χ1v) is 6.33. The van der Waals surface area contributed by atoms with Crippen LogP contribution in [0.5, 0.6) is 0 Å². The summed E-state index contributed by atoms with van der Waals surface area (Å²) in [6, 6.07) is 0.113. The average molecular weight is 255 g/mol. The molecule has 1 heterocycles. The van der Waals surface area contributed by atoms with Gasteiger partial charge in [0, 0.05) is 32.0 Å². The van der Waals surface area contributed by atoms with Crippen LogP contribution in [-0.4, -0.2) is 36.9 Å². The van der Waals surface area contributed by atoms with Crippen molar-refractivity contribution in [3.63, 3.8) is 0 Å². The fourth-order valence-electron chi connectivity index (χ4n) is 1.79. The van der Waals surface area contributed by atoms with Gasteiger partial charge in [-0.15, -0.1) is 0 Å². The molecule has 0 saturated carbocycles. The third kappa shape index (κ3) is 5.16. The number of amides is 3. The molecule has 1 rings (SSSR count). The highest BCUT2D eigenvalue weighted by Crippen LogP contribution is 2.10. The summed E-state index contributed by atoms with van der Waals surface area (Å²) in [7, 11) is 0. The Balaban J connectivity index is 2.17. The maximum atomic E-state index is 11.7. The van der Waals surface area contributed by atoms with Crippen LogP contribution in [0.4, 0.5) is 0 Å². The standard InChI is InChI=1S/C12H21N3O3/c1-8(2)15-11(17)5-6-13-12(18)9-3-4-10(16)14-7-9/h8-9H,3-7H2,1-2H3,(H,13,18)(H,14,16)(H,15,17). The van der Waals surface area contributed by atoms with Gasteiger partial charge in [-0.1, -0.05) is 0 Å². The van der Waals surface area contributed by atoms with Crippen molar-refractivity contribution in [2.45, 2.75) is 39.2 Å². The lowest BCUT2D eigenvalue weighted by molar-refractivity contribution is -0.128. The van der Waals surface area contributed by atoms with E-state index >= 15 is 0 Å². The van der Waals surface area contributed by atoms with E-state index in [-0.39, 0.29) is 36.1 Å². The van der Waals surface area contributed by atoms with Gasteiger partial charge in [0.25, 0.3) is 0 Å². The lowest BCUT2D eigenvalue weighted by Crippen LogP contribution is -2.43. The number of hydrogen-bond donors (Lipinski definition) is 3. The molecule has 1 aliphatic heterocycles. The maximum Gasteiger partial charge on any atom is 0.224 e. The van der Waals surface area contributed by atoms with Crippen LogP contribution in [0.25, 0.3) is 0 Å². The number of hydrogen-bond acceptors (Lipinski definition) is 3. The summed E-state index contributed by atoms with van der Waals surface area (Å²) in [6.45, 7) is 4.51. The maximum absolute atomic E-state index is 11.7. The highest BCUT2D eigenvalue weighted by atomic mass is 16.2. The van der Waals surface area contributed by atoms with Crippen molar-refractivity contribution in [2.75, 3.05) is 13.1 Å². The van der Waals surface area contributed by atoms with Crippen LogP contribution in [0.15, 0.2) is 0 Å². The van der Waals surface area contributed by atoms with Gasteiger partial charge in [0.05, 0.1) is 5.92 Å². The summed E-state index contributed by atoms with van der Waals surface area (Å²) in [5, 5.41) is 8.13. The third-order valence-electron chi connectivity index (χ3n) is 2.74. The Morgan fingerprint density at radius 3 is 2.72 bits per heavy atom. The molecule has 1 atom stereocenters. The molecule has 1 fully saturated rings. The topological polar surface area (TPSA) is 87.3 Å². The molecule has 102 valence electrons. The van der Waals surface area contributed by atoms with Gasteiger partial charge in [0.1, 0.15) is 0 Å². The zero-order valence-electron chi connectivity index (χ0n) is 10.9. The minimum absolute atomic E-state index is 0.00430. The predicted molar refractivity (Wildman–Crippen MR) is 66.6 cm³/mol. The first-order chi connectivity index (χ1) is 8.49. The molecule has 1 saturated heterocycles. The first kappa shape index (κ1) is 14.5. The van der Waals surface area contributed by atoms with Crippen molar-refractivity contribution in [3.05, 3.63) is 0 Å². The number of carbonyl (C=O) groups is 3. The zero-order valence-corrected chi connectivity index (χ0v) is 10.9. The highest BCUT2D eigenvalue weighted by molar-refractivity contribution is 5.84. The molecule has 0 aromatic carbocycles. The Labute approximate surface area is 107 Å². The van der Waals surface area contributed by atoms with Crippen LogP contribution in [0, 0.1) is 5.92 Å². The van der Waals surface area contributed by atoms with Gasteiger partial charge in [-0.05, 0) is 20.3 Å². The zero-order chi connectivity index (χ0) is 13.5. The second kappa shape index (κ2) is 6.98. The van der Waals surface area contributed by atoms with Crippen LogP contribution in [0.1, 0.15) is 33.1 Å². The summed E-state index contributed by atoms with van der Waals surface area (Å²) < 4.78 is 0. The van der Waals surface area contributed by atoms with E-state index in [4.69, 9.17) is 0 Å². The molecule has 0 aromatic heterocycles. The van der Waals surface area contributed by atoms with Crippen molar-refractivity contribution in [1.29, 1.82) is 0 Å². The second-order valence-electron chi connectivity index (χ2n) is 4.80. The van der Waals surface area contributed by atoms with E-state index < -0.39 is 0 Å². The Morgan fingerprint density at radius 2 is 2.17 bits per heavy atom. The predicted octanol–water partition coefficient (Wildman–Crippen LogP) is -0.456. The van der Waals surface area contributed by atoms with Gasteiger partial charge in [-0.2, -0.15) is 0 Å². The molecule has 0 aromatic rings. The van der Waals surface area contributed by atoms with E-state index in [1.54, 1.807) is 0 Å². The normalized spacial score (nSPS) is 19.3. The van der Waals surface area contributed by atoms with Crippen molar-refractivity contribution in [2.24, 2.45) is 5.92 Å². The van der Waals surface area contributed by atoms with E-state index in [0.29, 0.717) is 25.9 Å². The molecule has 3 amide bonds. The smallest absolute Gasteiger partial charge is 0.224 e. The number of carbonyl (C=O) groups excluding carboxylic acids is 3. The fourth-order valence-corrected chi connectivity index (χ4v) is 1.79. The van der Waals surface area contributed by atoms with Crippen LogP contribution in [0.2, 0.25) is 0 Å². The third-order valence-corrected chi connectivity index (χ3v) is 2.74. The minimum atomic E-state index is -0.171. The van der Waals surface area contributed by atoms with Crippen LogP contribution >= 0.6 is 0 Å². The lowest BCUT2D eigenvalue weighted by Gasteiger charge is -2.21. The van der Waals surface area contributed by atoms with Gasteiger partial charge in [-0.3, -0.25) is 14.4 Å². The van der Waals surface area contributed by atoms with Gasteiger partial charge >= 0.3 is 0 Å². The molecule has 0 spiro atoms. The molecule has 0 aliphatic carbocycles. The quantitative estimate of drug-likeness (QED) is 0.621. The monoisotopic (exact) mass is 255 g/mol. The Morgan fingerprint density at radius 1 is 1.44 bits per heavy atom. The van der Waals surface area contributed by atoms with Crippen molar-refractivity contribution >= 4 is 17.7 Å². The molecule has 0 radical (unpaired) electrons. The summed E-state index contributed by atoms with van der Waals surface area (Å²) >= 11 is 0. The van der Waals surface area contributed by atoms with Crippen molar-refractivity contribution < 1.29 is 14.4 Å². The SMILES string of the molecule is CC(C)NC(=O)CCNC(=O)C1CCC(=O)NC1. The van der Waals surface area contributed by atoms with Crippen molar-refractivity contribution in [3.8, 4) is 0 Å². The summed E-state index contributed by atoms with van der Waals surface area (Å²) in [4.78, 5) is 34.0. The van der Waals surface area contributed by atoms with E-state index in [1.165, 1.54) is 0 Å². The van der Waals surface area contributed by atoms with Crippen LogP contribution < -0.4 is 16.0 Å². The van der Waals surface area contributed by atoms with Gasteiger partial charge < -0.3 is 16.0 Å². The van der Waals surface area contributed by atoms with E-state index in [9.17, 15) is 14.4 Å². The van der Waals surface area contributed by atoms with Gasteiger partial charge in [0.15, 0.2) is 0 Å². The minimum Gasteiger partial charge on any atom is -0.355 e. The van der Waals surface area contributed by atoms with Crippen molar-refractivity contribution in [1.82, 2.24) is 16.0 Å².